The van der Waals surface area contributed by atoms with E-state index in [1.165, 1.54) is 24.3 Å². The molecule has 12 heteroatoms. The van der Waals surface area contributed by atoms with Crippen molar-refractivity contribution in [3.05, 3.63) is 58.1 Å². The third-order valence-electron chi connectivity index (χ3n) is 3.85. The number of aryl methyl sites for hydroxylation is 1. The number of nitrogens with zero attached hydrogens (tertiary/aromatic N) is 1. The molecule has 1 amide bonds. The lowest BCUT2D eigenvalue weighted by atomic mass is 10.2. The summed E-state index contributed by atoms with van der Waals surface area (Å²) in [6.45, 7) is 2.39. The van der Waals surface area contributed by atoms with Crippen LogP contribution in [0.2, 0.25) is 0 Å². The van der Waals surface area contributed by atoms with Crippen molar-refractivity contribution in [1.82, 2.24) is 4.72 Å². The highest BCUT2D eigenvalue weighted by atomic mass is 32.2. The van der Waals surface area contributed by atoms with E-state index >= 15 is 0 Å². The molecule has 0 aromatic heterocycles. The maximum Gasteiger partial charge on any atom is 0.321 e. The molecule has 0 saturated carbocycles. The largest absolute Gasteiger partial charge is 0.494 e. The summed E-state index contributed by atoms with van der Waals surface area (Å²) in [6.07, 6.45) is 0. The first kappa shape index (κ1) is 23.8. The summed E-state index contributed by atoms with van der Waals surface area (Å²) in [5, 5.41) is 13.5. The van der Waals surface area contributed by atoms with Gasteiger partial charge in [-0.3, -0.25) is 19.7 Å². The van der Waals surface area contributed by atoms with Gasteiger partial charge in [-0.25, -0.2) is 8.42 Å². The van der Waals surface area contributed by atoms with Crippen LogP contribution in [0.4, 0.5) is 11.4 Å². The fraction of sp³-hybridized carbons (Fsp3) is 0.263. The van der Waals surface area contributed by atoms with Crippen molar-refractivity contribution < 1.29 is 32.4 Å². The number of amides is 1. The normalized spacial score (nSPS) is 10.9. The fourth-order valence-corrected chi connectivity index (χ4v) is 3.33. The summed E-state index contributed by atoms with van der Waals surface area (Å²) in [5.41, 5.74) is 0.378. The molecule has 0 aliphatic heterocycles. The van der Waals surface area contributed by atoms with E-state index in [4.69, 9.17) is 9.47 Å². The quantitative estimate of drug-likeness (QED) is 0.315. The number of rotatable bonds is 10. The predicted molar refractivity (Wildman–Crippen MR) is 110 cm³/mol. The Bertz CT molecular complexity index is 1070. The van der Waals surface area contributed by atoms with Crippen LogP contribution in [0, 0.1) is 17.0 Å². The first-order valence-electron chi connectivity index (χ1n) is 9.05. The van der Waals surface area contributed by atoms with Crippen LogP contribution < -0.4 is 14.8 Å². The van der Waals surface area contributed by atoms with E-state index in [0.29, 0.717) is 6.61 Å². The zero-order chi connectivity index (χ0) is 23.0. The SMILES string of the molecule is CCOc1ccc(NC(=O)COC(=O)CNS(=O)(=O)c2ccc(C)cc2)c([N+](=O)[O-])c1. The lowest BCUT2D eigenvalue weighted by molar-refractivity contribution is -0.384. The molecule has 11 nitrogen and oxygen atoms in total. The summed E-state index contributed by atoms with van der Waals surface area (Å²) in [5.74, 6) is -1.56. The van der Waals surface area contributed by atoms with Crippen LogP contribution in [0.25, 0.3) is 0 Å². The topological polar surface area (TPSA) is 154 Å². The van der Waals surface area contributed by atoms with Crippen LogP contribution in [0.5, 0.6) is 5.75 Å². The van der Waals surface area contributed by atoms with Gasteiger partial charge in [-0.2, -0.15) is 4.72 Å². The summed E-state index contributed by atoms with van der Waals surface area (Å²) in [6, 6.07) is 9.89. The van der Waals surface area contributed by atoms with Gasteiger partial charge in [0.05, 0.1) is 22.5 Å². The smallest absolute Gasteiger partial charge is 0.321 e. The van der Waals surface area contributed by atoms with Crippen molar-refractivity contribution >= 4 is 33.3 Å². The highest BCUT2D eigenvalue weighted by molar-refractivity contribution is 7.89. The van der Waals surface area contributed by atoms with Crippen molar-refractivity contribution in [2.75, 3.05) is 25.1 Å². The van der Waals surface area contributed by atoms with Gasteiger partial charge < -0.3 is 14.8 Å². The van der Waals surface area contributed by atoms with E-state index < -0.39 is 45.7 Å². The van der Waals surface area contributed by atoms with Crippen molar-refractivity contribution in [1.29, 1.82) is 0 Å². The molecule has 31 heavy (non-hydrogen) atoms. The molecule has 2 N–H and O–H groups in total. The average Bonchev–Trinajstić information content (AvgIpc) is 2.72. The Balaban J connectivity index is 1.89. The van der Waals surface area contributed by atoms with Gasteiger partial charge >= 0.3 is 5.97 Å². The molecule has 0 fully saturated rings. The number of hydrogen-bond donors (Lipinski definition) is 2. The third-order valence-corrected chi connectivity index (χ3v) is 5.27. The van der Waals surface area contributed by atoms with Crippen LogP contribution >= 0.6 is 0 Å². The average molecular weight is 451 g/mol. The van der Waals surface area contributed by atoms with Crippen LogP contribution in [-0.4, -0.2) is 45.0 Å². The van der Waals surface area contributed by atoms with Gasteiger partial charge in [0.25, 0.3) is 11.6 Å². The number of hydrogen-bond acceptors (Lipinski definition) is 8. The van der Waals surface area contributed by atoms with E-state index in [-0.39, 0.29) is 16.3 Å². The zero-order valence-corrected chi connectivity index (χ0v) is 17.6. The summed E-state index contributed by atoms with van der Waals surface area (Å²) >= 11 is 0. The minimum Gasteiger partial charge on any atom is -0.494 e. The number of ether oxygens (including phenoxy) is 2. The number of anilines is 1. The number of carbonyl (C=O) groups is 2. The molecule has 0 bridgehead atoms. The van der Waals surface area contributed by atoms with Crippen LogP contribution in [0.15, 0.2) is 47.4 Å². The Hall–Kier alpha value is -3.51. The second kappa shape index (κ2) is 10.5. The second-order valence-corrected chi connectivity index (χ2v) is 7.98. The summed E-state index contributed by atoms with van der Waals surface area (Å²) in [7, 11) is -3.92. The maximum atomic E-state index is 12.1. The molecule has 0 heterocycles. The Kier molecular flexibility index (Phi) is 8.05. The van der Waals surface area contributed by atoms with Crippen molar-refractivity contribution in [3.8, 4) is 5.75 Å². The van der Waals surface area contributed by atoms with E-state index in [2.05, 4.69) is 10.0 Å². The monoisotopic (exact) mass is 451 g/mol. The van der Waals surface area contributed by atoms with Gasteiger partial charge in [0.1, 0.15) is 18.0 Å². The number of nitrogens with one attached hydrogen (secondary N) is 2. The minimum atomic E-state index is -3.92. The van der Waals surface area contributed by atoms with Gasteiger partial charge in [0, 0.05) is 0 Å². The van der Waals surface area contributed by atoms with Gasteiger partial charge in [-0.1, -0.05) is 17.7 Å². The lowest BCUT2D eigenvalue weighted by Gasteiger charge is -2.09. The molecule has 0 spiro atoms. The summed E-state index contributed by atoms with van der Waals surface area (Å²) < 4.78 is 36.2. The molecular weight excluding hydrogens is 430 g/mol. The van der Waals surface area contributed by atoms with Crippen LogP contribution in [0.1, 0.15) is 12.5 Å². The third kappa shape index (κ3) is 7.04. The van der Waals surface area contributed by atoms with Crippen molar-refractivity contribution in [2.45, 2.75) is 18.7 Å². The molecule has 166 valence electrons. The second-order valence-electron chi connectivity index (χ2n) is 6.22. The molecular formula is C19H21N3O8S. The van der Waals surface area contributed by atoms with Gasteiger partial charge in [-0.15, -0.1) is 0 Å². The van der Waals surface area contributed by atoms with Gasteiger partial charge in [0.2, 0.25) is 10.0 Å². The van der Waals surface area contributed by atoms with Crippen LogP contribution in [0.3, 0.4) is 0 Å². The van der Waals surface area contributed by atoms with Gasteiger partial charge in [-0.05, 0) is 38.1 Å². The number of benzene rings is 2. The maximum absolute atomic E-state index is 12.1. The molecule has 0 aliphatic rings. The molecule has 0 aliphatic carbocycles. The molecule has 0 saturated heterocycles. The molecule has 2 aromatic rings. The van der Waals surface area contributed by atoms with E-state index in [9.17, 15) is 28.1 Å². The van der Waals surface area contributed by atoms with Gasteiger partial charge in [0.15, 0.2) is 6.61 Å². The summed E-state index contributed by atoms with van der Waals surface area (Å²) in [4.78, 5) is 34.2. The predicted octanol–water partition coefficient (Wildman–Crippen LogP) is 1.76. The Morgan fingerprint density at radius 3 is 2.42 bits per heavy atom. The van der Waals surface area contributed by atoms with Crippen molar-refractivity contribution in [2.24, 2.45) is 0 Å². The molecule has 2 aromatic carbocycles. The fourth-order valence-electron chi connectivity index (χ4n) is 2.36. The minimum absolute atomic E-state index is 0.0218. The molecule has 0 unspecified atom stereocenters. The first-order valence-corrected chi connectivity index (χ1v) is 10.5. The van der Waals surface area contributed by atoms with Crippen LogP contribution in [-0.2, 0) is 24.3 Å². The molecule has 0 atom stereocenters. The number of nitro benzene ring substituents is 1. The number of carbonyl (C=O) groups excluding carboxylic acids is 2. The van der Waals surface area contributed by atoms with Crippen molar-refractivity contribution in [3.63, 3.8) is 0 Å². The Morgan fingerprint density at radius 1 is 1.13 bits per heavy atom. The number of nitro groups is 1. The molecule has 0 radical (unpaired) electrons. The Labute approximate surface area is 178 Å². The first-order chi connectivity index (χ1) is 14.6. The standard InChI is InChI=1S/C19H21N3O8S/c1-3-29-14-6-9-16(17(10-14)22(25)26)21-18(23)12-30-19(24)11-20-31(27,28)15-7-4-13(2)5-8-15/h4-10,20H,3,11-12H2,1-2H3,(H,21,23). The zero-order valence-electron chi connectivity index (χ0n) is 16.8. The number of esters is 1. The van der Waals surface area contributed by atoms with E-state index in [1.54, 1.807) is 26.0 Å². The highest BCUT2D eigenvalue weighted by Gasteiger charge is 2.19. The molecule has 2 rings (SSSR count). The van der Waals surface area contributed by atoms with E-state index in [1.807, 2.05) is 0 Å². The van der Waals surface area contributed by atoms with E-state index in [0.717, 1.165) is 11.6 Å². The Morgan fingerprint density at radius 2 is 1.81 bits per heavy atom. The lowest BCUT2D eigenvalue weighted by Crippen LogP contribution is -2.32. The highest BCUT2D eigenvalue weighted by Crippen LogP contribution is 2.29. The number of sulfonamides is 1.